The molecule has 2 aromatic rings. The Balaban J connectivity index is 1.51. The van der Waals surface area contributed by atoms with Gasteiger partial charge in [-0.05, 0) is 55.6 Å². The number of epoxide rings is 1. The van der Waals surface area contributed by atoms with Crippen molar-refractivity contribution in [3.8, 4) is 0 Å². The number of hydrogen-bond acceptors (Lipinski definition) is 8. The normalized spacial score (nSPS) is 19.6. The zero-order chi connectivity index (χ0) is 37.7. The van der Waals surface area contributed by atoms with E-state index in [1.807, 2.05) is 93.3 Å². The van der Waals surface area contributed by atoms with Crippen LogP contribution in [-0.2, 0) is 46.3 Å². The number of ether oxygens (including phenoxy) is 2. The van der Waals surface area contributed by atoms with E-state index in [0.717, 1.165) is 11.1 Å². The first-order chi connectivity index (χ1) is 24.8. The Morgan fingerprint density at radius 1 is 0.692 bits per heavy atom. The Bertz CT molecular complexity index is 1480. The van der Waals surface area contributed by atoms with Crippen LogP contribution in [0.15, 0.2) is 60.7 Å². The number of rotatable bonds is 20. The highest BCUT2D eigenvalue weighted by Crippen LogP contribution is 2.29. The van der Waals surface area contributed by atoms with Crippen molar-refractivity contribution >= 4 is 29.4 Å². The van der Waals surface area contributed by atoms with Crippen LogP contribution < -0.4 is 21.3 Å². The second kappa shape index (κ2) is 19.6. The number of carbonyl (C=O) groups excluding carboxylic acids is 5. The first-order valence-electron chi connectivity index (χ1n) is 18.6. The molecule has 4 rings (SSSR count). The van der Waals surface area contributed by atoms with Crippen LogP contribution in [0.5, 0.6) is 0 Å². The molecule has 2 aliphatic rings. The van der Waals surface area contributed by atoms with Gasteiger partial charge < -0.3 is 30.7 Å². The summed E-state index contributed by atoms with van der Waals surface area (Å²) in [5.74, 6) is -1.83. The first-order valence-corrected chi connectivity index (χ1v) is 18.6. The van der Waals surface area contributed by atoms with Crippen molar-refractivity contribution < 1.29 is 33.4 Å². The third kappa shape index (κ3) is 13.1. The largest absolute Gasteiger partial charge is 0.379 e. The van der Waals surface area contributed by atoms with Gasteiger partial charge in [0.15, 0.2) is 5.78 Å². The number of carbonyl (C=O) groups is 5. The molecule has 2 aromatic carbocycles. The number of nitrogens with one attached hydrogen (secondary N) is 4. The number of ketones is 1. The number of amides is 4. The fourth-order valence-corrected chi connectivity index (χ4v) is 6.33. The van der Waals surface area contributed by atoms with E-state index in [-0.39, 0.29) is 36.5 Å². The lowest BCUT2D eigenvalue weighted by Crippen LogP contribution is -2.59. The minimum atomic E-state index is -1.03. The van der Waals surface area contributed by atoms with Gasteiger partial charge in [0.05, 0.1) is 32.4 Å². The molecule has 4 N–H and O–H groups in total. The summed E-state index contributed by atoms with van der Waals surface area (Å²) in [7, 11) is 0. The minimum absolute atomic E-state index is 0.0171. The Labute approximate surface area is 308 Å². The van der Waals surface area contributed by atoms with Crippen LogP contribution in [0.3, 0.4) is 0 Å². The number of morpholine rings is 1. The fraction of sp³-hybridized carbons (Fsp3) is 0.575. The third-order valence-corrected chi connectivity index (χ3v) is 9.38. The van der Waals surface area contributed by atoms with Crippen molar-refractivity contribution in [1.82, 2.24) is 26.2 Å². The Kier molecular flexibility index (Phi) is 15.3. The summed E-state index contributed by atoms with van der Waals surface area (Å²) in [4.78, 5) is 70.5. The Hall–Kier alpha value is -4.13. The molecule has 0 aliphatic carbocycles. The molecule has 12 nitrogen and oxygen atoms in total. The molecule has 12 heteroatoms. The van der Waals surface area contributed by atoms with E-state index in [1.54, 1.807) is 6.92 Å². The van der Waals surface area contributed by atoms with Gasteiger partial charge in [-0.1, -0.05) is 88.4 Å². The standard InChI is InChI=1S/C40H57N5O7/c1-27(2)22-32(36(47)40(5)26-52-40)42-39(50)34(24-30-14-10-7-11-15-30)44-38(49)33(23-28(3)4)43-37(48)31(17-16-29-12-8-6-9-13-29)41-35(46)25-45-18-20-51-21-19-45/h6-15,27-28,31-34H,16-26H2,1-5H3,(H,41,46)(H,42,50)(H,43,48)(H,44,49)/t31-,32-,33+,34-,40+/m0/s1. The van der Waals surface area contributed by atoms with Crippen LogP contribution in [0.25, 0.3) is 0 Å². The first kappa shape index (κ1) is 40.6. The molecule has 0 aromatic heterocycles. The molecule has 2 saturated heterocycles. The monoisotopic (exact) mass is 719 g/mol. The van der Waals surface area contributed by atoms with Gasteiger partial charge in [-0.2, -0.15) is 0 Å². The molecular formula is C40H57N5O7. The van der Waals surface area contributed by atoms with E-state index < -0.39 is 47.5 Å². The van der Waals surface area contributed by atoms with E-state index in [9.17, 15) is 24.0 Å². The summed E-state index contributed by atoms with van der Waals surface area (Å²) in [6, 6.07) is 15.3. The number of hydrogen-bond donors (Lipinski definition) is 4. The van der Waals surface area contributed by atoms with Gasteiger partial charge in [-0.3, -0.25) is 28.9 Å². The van der Waals surface area contributed by atoms with Crippen molar-refractivity contribution in [3.05, 3.63) is 71.8 Å². The van der Waals surface area contributed by atoms with Crippen LogP contribution in [0.4, 0.5) is 0 Å². The molecule has 2 aliphatic heterocycles. The summed E-state index contributed by atoms with van der Waals surface area (Å²) < 4.78 is 10.8. The van der Waals surface area contributed by atoms with Crippen LogP contribution in [0.2, 0.25) is 0 Å². The average Bonchev–Trinajstić information content (AvgIpc) is 3.87. The highest BCUT2D eigenvalue weighted by atomic mass is 16.6. The van der Waals surface area contributed by atoms with Crippen LogP contribution in [0, 0.1) is 11.8 Å². The molecule has 0 bridgehead atoms. The average molecular weight is 720 g/mol. The number of nitrogens with zero attached hydrogens (tertiary/aromatic N) is 1. The molecule has 52 heavy (non-hydrogen) atoms. The van der Waals surface area contributed by atoms with Crippen molar-refractivity contribution in [1.29, 1.82) is 0 Å². The third-order valence-electron chi connectivity index (χ3n) is 9.38. The van der Waals surface area contributed by atoms with Gasteiger partial charge in [0.2, 0.25) is 23.6 Å². The summed E-state index contributed by atoms with van der Waals surface area (Å²) in [6.45, 7) is 12.3. The maximum atomic E-state index is 14.1. The zero-order valence-electron chi connectivity index (χ0n) is 31.3. The van der Waals surface area contributed by atoms with E-state index in [4.69, 9.17) is 9.47 Å². The van der Waals surface area contributed by atoms with Crippen LogP contribution in [0.1, 0.15) is 65.0 Å². The van der Waals surface area contributed by atoms with Crippen molar-refractivity contribution in [2.24, 2.45) is 11.8 Å². The molecule has 2 fully saturated rings. The summed E-state index contributed by atoms with van der Waals surface area (Å²) in [5, 5.41) is 11.7. The van der Waals surface area contributed by atoms with E-state index in [2.05, 4.69) is 21.3 Å². The summed E-state index contributed by atoms with van der Waals surface area (Å²) in [5.41, 5.74) is 0.915. The van der Waals surface area contributed by atoms with E-state index in [1.165, 1.54) is 0 Å². The van der Waals surface area contributed by atoms with Gasteiger partial charge in [-0.15, -0.1) is 0 Å². The van der Waals surface area contributed by atoms with Gasteiger partial charge in [0, 0.05) is 19.5 Å². The summed E-state index contributed by atoms with van der Waals surface area (Å²) in [6.07, 6.45) is 1.76. The van der Waals surface area contributed by atoms with Crippen molar-refractivity contribution in [3.63, 3.8) is 0 Å². The molecular weight excluding hydrogens is 662 g/mol. The molecule has 5 atom stereocenters. The quantitative estimate of drug-likeness (QED) is 0.152. The van der Waals surface area contributed by atoms with Gasteiger partial charge >= 0.3 is 0 Å². The predicted octanol–water partition coefficient (Wildman–Crippen LogP) is 2.58. The molecule has 4 amide bonds. The lowest BCUT2D eigenvalue weighted by molar-refractivity contribution is -0.135. The smallest absolute Gasteiger partial charge is 0.243 e. The summed E-state index contributed by atoms with van der Waals surface area (Å²) >= 11 is 0. The molecule has 0 unspecified atom stereocenters. The highest BCUT2D eigenvalue weighted by molar-refractivity contribution is 5.98. The van der Waals surface area contributed by atoms with Crippen molar-refractivity contribution in [2.75, 3.05) is 39.5 Å². The lowest BCUT2D eigenvalue weighted by atomic mass is 9.93. The maximum absolute atomic E-state index is 14.1. The lowest BCUT2D eigenvalue weighted by Gasteiger charge is -2.29. The maximum Gasteiger partial charge on any atom is 0.243 e. The molecule has 0 saturated carbocycles. The van der Waals surface area contributed by atoms with Gasteiger partial charge in [-0.25, -0.2) is 0 Å². The Morgan fingerprint density at radius 2 is 1.19 bits per heavy atom. The second-order valence-corrected chi connectivity index (χ2v) is 15.0. The second-order valence-electron chi connectivity index (χ2n) is 15.0. The van der Waals surface area contributed by atoms with Gasteiger partial charge in [0.1, 0.15) is 23.7 Å². The molecule has 2 heterocycles. The van der Waals surface area contributed by atoms with Crippen LogP contribution >= 0.6 is 0 Å². The number of benzene rings is 2. The number of aryl methyl sites for hydroxylation is 1. The molecule has 0 radical (unpaired) electrons. The molecule has 0 spiro atoms. The fourth-order valence-electron chi connectivity index (χ4n) is 6.33. The van der Waals surface area contributed by atoms with Gasteiger partial charge in [0.25, 0.3) is 0 Å². The zero-order valence-corrected chi connectivity index (χ0v) is 31.3. The SMILES string of the molecule is CC(C)C[C@H](NC(=O)[C@H](Cc1ccccc1)NC(=O)[C@@H](CC(C)C)NC(=O)[C@H](CCc1ccccc1)NC(=O)CN1CCOCC1)C(=O)[C@@]1(C)CO1. The minimum Gasteiger partial charge on any atom is -0.379 e. The number of Topliss-reactive ketones (excluding diaryl/α,β-unsaturated/α-hetero) is 1. The van der Waals surface area contributed by atoms with E-state index in [0.29, 0.717) is 58.6 Å². The topological polar surface area (TPSA) is 158 Å². The molecule has 284 valence electrons. The Morgan fingerprint density at radius 3 is 1.77 bits per heavy atom. The predicted molar refractivity (Wildman–Crippen MR) is 198 cm³/mol. The van der Waals surface area contributed by atoms with Crippen LogP contribution in [-0.4, -0.2) is 104 Å². The van der Waals surface area contributed by atoms with E-state index >= 15 is 0 Å². The van der Waals surface area contributed by atoms with Crippen molar-refractivity contribution in [2.45, 2.75) is 96.5 Å². The highest BCUT2D eigenvalue weighted by Gasteiger charge is 2.50.